The molecule has 4 N–H and O–H groups in total. The third kappa shape index (κ3) is 5.02. The van der Waals surface area contributed by atoms with Crippen LogP contribution in [-0.4, -0.2) is 27.4 Å². The number of rotatable bonds is 5. The normalized spacial score (nSPS) is 10.8. The Kier molecular flexibility index (Phi) is 7.67. The van der Waals surface area contributed by atoms with E-state index in [1.54, 1.807) is 13.0 Å². The molecule has 114 valence electrons. The number of carbonyl (C=O) groups is 1. The van der Waals surface area contributed by atoms with E-state index in [-0.39, 0.29) is 36.3 Å². The number of anilines is 1. The van der Waals surface area contributed by atoms with Crippen LogP contribution >= 0.6 is 28.3 Å². The minimum Gasteiger partial charge on any atom is -0.329 e. The highest BCUT2D eigenvalue weighted by atomic mass is 79.9. The molecule has 0 atom stereocenters. The Balaban J connectivity index is 0.00000361. The fourth-order valence-corrected chi connectivity index (χ4v) is 3.40. The maximum absolute atomic E-state index is 12.0. The minimum atomic E-state index is -3.59. The van der Waals surface area contributed by atoms with Crippen molar-refractivity contribution in [3.8, 4) is 0 Å². The highest BCUT2D eigenvalue weighted by molar-refractivity contribution is 9.10. The molecule has 1 aromatic rings. The zero-order valence-corrected chi connectivity index (χ0v) is 14.3. The lowest BCUT2D eigenvalue weighted by atomic mass is 10.2. The first-order chi connectivity index (χ1) is 8.77. The zero-order chi connectivity index (χ0) is 14.6. The first-order valence-electron chi connectivity index (χ1n) is 5.55. The Morgan fingerprint density at radius 1 is 1.40 bits per heavy atom. The maximum atomic E-state index is 12.0. The molecule has 1 amide bonds. The van der Waals surface area contributed by atoms with E-state index in [2.05, 4.69) is 26.0 Å². The number of sulfonamides is 1. The van der Waals surface area contributed by atoms with Gasteiger partial charge in [-0.1, -0.05) is 0 Å². The molecule has 0 aliphatic rings. The molecule has 0 aliphatic heterocycles. The maximum Gasteiger partial charge on any atom is 0.240 e. The second-order valence-corrected chi connectivity index (χ2v) is 6.55. The molecule has 0 saturated heterocycles. The van der Waals surface area contributed by atoms with Gasteiger partial charge in [0.15, 0.2) is 0 Å². The molecule has 9 heteroatoms. The van der Waals surface area contributed by atoms with E-state index < -0.39 is 10.0 Å². The highest BCUT2D eigenvalue weighted by Crippen LogP contribution is 2.28. The number of amides is 1. The number of aryl methyl sites for hydroxylation is 1. The van der Waals surface area contributed by atoms with Crippen molar-refractivity contribution >= 4 is 50.0 Å². The van der Waals surface area contributed by atoms with Gasteiger partial charge >= 0.3 is 0 Å². The van der Waals surface area contributed by atoms with E-state index >= 15 is 0 Å². The van der Waals surface area contributed by atoms with Crippen LogP contribution in [0, 0.1) is 6.92 Å². The molecule has 0 heterocycles. The first kappa shape index (κ1) is 19.3. The lowest BCUT2D eigenvalue weighted by molar-refractivity contribution is -0.114. The molecule has 0 aliphatic carbocycles. The van der Waals surface area contributed by atoms with Gasteiger partial charge in [0.1, 0.15) is 0 Å². The second kappa shape index (κ2) is 7.94. The minimum absolute atomic E-state index is 0. The number of halogens is 2. The molecule has 0 unspecified atom stereocenters. The van der Waals surface area contributed by atoms with Gasteiger partial charge in [0.05, 0.1) is 10.6 Å². The molecule has 0 spiro atoms. The van der Waals surface area contributed by atoms with E-state index in [0.717, 1.165) is 0 Å². The molecule has 1 rings (SSSR count). The van der Waals surface area contributed by atoms with Crippen molar-refractivity contribution in [2.45, 2.75) is 18.7 Å². The van der Waals surface area contributed by atoms with Crippen molar-refractivity contribution in [1.82, 2.24) is 4.72 Å². The van der Waals surface area contributed by atoms with Crippen molar-refractivity contribution in [3.05, 3.63) is 22.2 Å². The topological polar surface area (TPSA) is 101 Å². The number of nitrogens with one attached hydrogen (secondary N) is 2. The molecule has 0 aromatic heterocycles. The number of benzene rings is 1. The summed E-state index contributed by atoms with van der Waals surface area (Å²) in [5.41, 5.74) is 6.35. The van der Waals surface area contributed by atoms with E-state index in [1.807, 2.05) is 0 Å². The summed E-state index contributed by atoms with van der Waals surface area (Å²) in [6.07, 6.45) is 0. The average molecular weight is 387 g/mol. The second-order valence-electron chi connectivity index (χ2n) is 3.97. The molecule has 1 aromatic carbocycles. The predicted octanol–water partition coefficient (Wildman–Crippen LogP) is 1.37. The van der Waals surface area contributed by atoms with Crippen LogP contribution < -0.4 is 15.8 Å². The Bertz CT molecular complexity index is 593. The Morgan fingerprint density at radius 3 is 2.50 bits per heavy atom. The highest BCUT2D eigenvalue weighted by Gasteiger charge is 2.18. The van der Waals surface area contributed by atoms with Gasteiger partial charge in [-0.25, -0.2) is 13.1 Å². The van der Waals surface area contributed by atoms with E-state index in [1.165, 1.54) is 13.0 Å². The third-order valence-corrected chi connectivity index (χ3v) is 4.56. The van der Waals surface area contributed by atoms with Gasteiger partial charge in [0, 0.05) is 24.5 Å². The number of nitrogens with two attached hydrogens (primary N) is 1. The van der Waals surface area contributed by atoms with Crippen LogP contribution in [0.3, 0.4) is 0 Å². The molecule has 0 radical (unpaired) electrons. The van der Waals surface area contributed by atoms with Crippen LogP contribution in [-0.2, 0) is 14.8 Å². The zero-order valence-electron chi connectivity index (χ0n) is 11.1. The van der Waals surface area contributed by atoms with Gasteiger partial charge in [-0.05, 0) is 40.5 Å². The van der Waals surface area contributed by atoms with E-state index in [9.17, 15) is 13.2 Å². The average Bonchev–Trinajstić information content (AvgIpc) is 2.30. The van der Waals surface area contributed by atoms with Crippen molar-refractivity contribution in [2.24, 2.45) is 5.73 Å². The number of hydrogen-bond donors (Lipinski definition) is 3. The van der Waals surface area contributed by atoms with Crippen molar-refractivity contribution in [3.63, 3.8) is 0 Å². The Labute approximate surface area is 133 Å². The first-order valence-corrected chi connectivity index (χ1v) is 7.83. The molecular weight excluding hydrogens is 370 g/mol. The summed E-state index contributed by atoms with van der Waals surface area (Å²) in [6.45, 7) is 3.44. The summed E-state index contributed by atoms with van der Waals surface area (Å²) in [4.78, 5) is 11.2. The van der Waals surface area contributed by atoms with E-state index in [4.69, 9.17) is 5.73 Å². The largest absolute Gasteiger partial charge is 0.329 e. The molecule has 6 nitrogen and oxygen atoms in total. The Morgan fingerprint density at radius 2 is 2.00 bits per heavy atom. The number of hydrogen-bond acceptors (Lipinski definition) is 4. The lowest BCUT2D eigenvalue weighted by Crippen LogP contribution is -2.29. The summed E-state index contributed by atoms with van der Waals surface area (Å²) in [5, 5.41) is 2.61. The van der Waals surface area contributed by atoms with Crippen LogP contribution in [0.4, 0.5) is 5.69 Å². The molecule has 0 bridgehead atoms. The fraction of sp³-hybridized carbons (Fsp3) is 0.364. The van der Waals surface area contributed by atoms with Gasteiger partial charge in [0.2, 0.25) is 15.9 Å². The van der Waals surface area contributed by atoms with Crippen LogP contribution in [0.15, 0.2) is 21.5 Å². The summed E-state index contributed by atoms with van der Waals surface area (Å²) in [5.74, 6) is -0.225. The van der Waals surface area contributed by atoms with Gasteiger partial charge in [-0.3, -0.25) is 4.79 Å². The summed E-state index contributed by atoms with van der Waals surface area (Å²) in [7, 11) is -3.59. The van der Waals surface area contributed by atoms with Crippen molar-refractivity contribution in [1.29, 1.82) is 0 Å². The standard InChI is InChI=1S/C11H16BrN3O3S.ClH/c1-7-5-10(15-8(2)16)9(12)6-11(7)19(17,18)14-4-3-13;/h5-6,14H,3-4,13H2,1-2H3,(H,15,16);1H. The van der Waals surface area contributed by atoms with Crippen LogP contribution in [0.25, 0.3) is 0 Å². The van der Waals surface area contributed by atoms with Gasteiger partial charge in [-0.2, -0.15) is 0 Å². The molecule has 0 fully saturated rings. The van der Waals surface area contributed by atoms with Crippen LogP contribution in [0.1, 0.15) is 12.5 Å². The summed E-state index contributed by atoms with van der Waals surface area (Å²) in [6, 6.07) is 3.06. The summed E-state index contributed by atoms with van der Waals surface area (Å²) >= 11 is 3.24. The quantitative estimate of drug-likeness (QED) is 0.711. The SMILES string of the molecule is CC(=O)Nc1cc(C)c(S(=O)(=O)NCCN)cc1Br.Cl. The molecular formula is C11H17BrClN3O3S. The third-order valence-electron chi connectivity index (χ3n) is 2.30. The van der Waals surface area contributed by atoms with E-state index in [0.29, 0.717) is 15.7 Å². The molecule has 0 saturated carbocycles. The van der Waals surface area contributed by atoms with Crippen molar-refractivity contribution in [2.75, 3.05) is 18.4 Å². The van der Waals surface area contributed by atoms with Gasteiger partial charge < -0.3 is 11.1 Å². The smallest absolute Gasteiger partial charge is 0.240 e. The Hall–Kier alpha value is -0.670. The molecule has 20 heavy (non-hydrogen) atoms. The number of carbonyl (C=O) groups excluding carboxylic acids is 1. The van der Waals surface area contributed by atoms with Gasteiger partial charge in [0.25, 0.3) is 0 Å². The van der Waals surface area contributed by atoms with Crippen LogP contribution in [0.2, 0.25) is 0 Å². The predicted molar refractivity (Wildman–Crippen MR) is 84.7 cm³/mol. The van der Waals surface area contributed by atoms with Gasteiger partial charge in [-0.15, -0.1) is 12.4 Å². The van der Waals surface area contributed by atoms with Crippen LogP contribution in [0.5, 0.6) is 0 Å². The monoisotopic (exact) mass is 385 g/mol. The fourth-order valence-electron chi connectivity index (χ4n) is 1.51. The lowest BCUT2D eigenvalue weighted by Gasteiger charge is -2.12. The van der Waals surface area contributed by atoms with Crippen molar-refractivity contribution < 1.29 is 13.2 Å². The summed E-state index contributed by atoms with van der Waals surface area (Å²) < 4.78 is 26.9.